The number of hydrogen-bond acceptors (Lipinski definition) is 3. The molecular formula is C16H22FNO2. The maximum Gasteiger partial charge on any atom is 0.151 e. The van der Waals surface area contributed by atoms with Gasteiger partial charge >= 0.3 is 0 Å². The summed E-state index contributed by atoms with van der Waals surface area (Å²) in [7, 11) is 0. The predicted octanol–water partition coefficient (Wildman–Crippen LogP) is 2.44. The minimum atomic E-state index is -0.309. The van der Waals surface area contributed by atoms with Gasteiger partial charge in [0.15, 0.2) is 5.78 Å². The van der Waals surface area contributed by atoms with Crippen LogP contribution in [0.15, 0.2) is 24.3 Å². The fourth-order valence-electron chi connectivity index (χ4n) is 2.87. The van der Waals surface area contributed by atoms with E-state index in [-0.39, 0.29) is 29.7 Å². The molecule has 1 atom stereocenters. The summed E-state index contributed by atoms with van der Waals surface area (Å²) in [6, 6.07) is 6.45. The summed E-state index contributed by atoms with van der Waals surface area (Å²) in [5, 5.41) is 0. The predicted molar refractivity (Wildman–Crippen MR) is 76.2 cm³/mol. The molecule has 0 bridgehead atoms. The van der Waals surface area contributed by atoms with Crippen molar-refractivity contribution in [3.63, 3.8) is 0 Å². The maximum absolute atomic E-state index is 13.5. The standard InChI is InChI=1S/C16H22FNO2/c1-12-9-18(11-16(2,3)20-12)10-14(19)8-13-6-4-5-7-15(13)17/h4-7,12H,8-11H2,1-3H3. The van der Waals surface area contributed by atoms with Crippen molar-refractivity contribution in [2.24, 2.45) is 0 Å². The van der Waals surface area contributed by atoms with Gasteiger partial charge in [-0.1, -0.05) is 18.2 Å². The van der Waals surface area contributed by atoms with E-state index >= 15 is 0 Å². The van der Waals surface area contributed by atoms with Crippen LogP contribution in [0, 0.1) is 5.82 Å². The van der Waals surface area contributed by atoms with Crippen molar-refractivity contribution < 1.29 is 13.9 Å². The highest BCUT2D eigenvalue weighted by Gasteiger charge is 2.31. The van der Waals surface area contributed by atoms with Crippen LogP contribution in [-0.2, 0) is 16.0 Å². The first-order valence-corrected chi connectivity index (χ1v) is 7.01. The molecule has 0 amide bonds. The number of nitrogens with zero attached hydrogens (tertiary/aromatic N) is 1. The summed E-state index contributed by atoms with van der Waals surface area (Å²) < 4.78 is 19.3. The minimum absolute atomic E-state index is 0.0417. The molecule has 2 rings (SSSR count). The van der Waals surface area contributed by atoms with Gasteiger partial charge in [-0.05, 0) is 32.4 Å². The van der Waals surface area contributed by atoms with Crippen LogP contribution < -0.4 is 0 Å². The van der Waals surface area contributed by atoms with Crippen molar-refractivity contribution >= 4 is 5.78 Å². The fourth-order valence-corrected chi connectivity index (χ4v) is 2.87. The van der Waals surface area contributed by atoms with Crippen LogP contribution in [0.1, 0.15) is 26.3 Å². The fraction of sp³-hybridized carbons (Fsp3) is 0.562. The number of ether oxygens (including phenoxy) is 1. The van der Waals surface area contributed by atoms with Crippen molar-refractivity contribution in [2.45, 2.75) is 38.9 Å². The number of morpholine rings is 1. The van der Waals surface area contributed by atoms with E-state index in [0.717, 1.165) is 13.1 Å². The number of Topliss-reactive ketones (excluding diaryl/α,β-unsaturated/α-hetero) is 1. The van der Waals surface area contributed by atoms with Crippen LogP contribution >= 0.6 is 0 Å². The van der Waals surface area contributed by atoms with Crippen molar-refractivity contribution in [1.82, 2.24) is 4.90 Å². The van der Waals surface area contributed by atoms with Crippen LogP contribution in [0.25, 0.3) is 0 Å². The van der Waals surface area contributed by atoms with Gasteiger partial charge in [0.05, 0.1) is 18.2 Å². The molecule has 1 fully saturated rings. The Bertz CT molecular complexity index is 487. The van der Waals surface area contributed by atoms with E-state index in [2.05, 4.69) is 4.90 Å². The van der Waals surface area contributed by atoms with Gasteiger partial charge in [-0.25, -0.2) is 4.39 Å². The zero-order valence-electron chi connectivity index (χ0n) is 12.4. The van der Waals surface area contributed by atoms with E-state index in [4.69, 9.17) is 4.74 Å². The van der Waals surface area contributed by atoms with Crippen LogP contribution in [0.4, 0.5) is 4.39 Å². The first-order valence-electron chi connectivity index (χ1n) is 7.01. The van der Waals surface area contributed by atoms with E-state index in [9.17, 15) is 9.18 Å². The van der Waals surface area contributed by atoms with Crippen LogP contribution in [-0.4, -0.2) is 42.0 Å². The molecule has 1 aromatic rings. The average Bonchev–Trinajstić information content (AvgIpc) is 2.29. The number of rotatable bonds is 4. The molecule has 1 aliphatic rings. The number of carbonyl (C=O) groups is 1. The first kappa shape index (κ1) is 15.1. The number of ketones is 1. The molecule has 1 unspecified atom stereocenters. The summed E-state index contributed by atoms with van der Waals surface area (Å²) in [6.45, 7) is 7.88. The molecule has 0 aromatic heterocycles. The molecule has 0 radical (unpaired) electrons. The normalized spacial score (nSPS) is 22.7. The third kappa shape index (κ3) is 4.12. The zero-order chi connectivity index (χ0) is 14.8. The molecule has 0 aliphatic carbocycles. The summed E-state index contributed by atoms with van der Waals surface area (Å²) in [5.41, 5.74) is 0.230. The SMILES string of the molecule is CC1CN(CC(=O)Cc2ccccc2F)CC(C)(C)O1. The second-order valence-corrected chi connectivity index (χ2v) is 6.16. The molecule has 3 nitrogen and oxygen atoms in total. The summed E-state index contributed by atoms with van der Waals surface area (Å²) >= 11 is 0. The Labute approximate surface area is 119 Å². The Morgan fingerprint density at radius 1 is 1.45 bits per heavy atom. The molecule has 1 aliphatic heterocycles. The molecule has 0 saturated carbocycles. The van der Waals surface area contributed by atoms with Crippen LogP contribution in [0.5, 0.6) is 0 Å². The van der Waals surface area contributed by atoms with E-state index in [1.54, 1.807) is 18.2 Å². The Morgan fingerprint density at radius 2 is 2.15 bits per heavy atom. The summed E-state index contributed by atoms with van der Waals surface area (Å²) in [5.74, 6) is -0.267. The molecule has 1 saturated heterocycles. The van der Waals surface area contributed by atoms with Gasteiger partial charge in [-0.15, -0.1) is 0 Å². The summed E-state index contributed by atoms with van der Waals surface area (Å²) in [6.07, 6.45) is 0.263. The highest BCUT2D eigenvalue weighted by atomic mass is 19.1. The summed E-state index contributed by atoms with van der Waals surface area (Å²) in [4.78, 5) is 14.2. The van der Waals surface area contributed by atoms with Crippen LogP contribution in [0.2, 0.25) is 0 Å². The molecule has 0 N–H and O–H groups in total. The van der Waals surface area contributed by atoms with Gasteiger partial charge in [0.1, 0.15) is 5.82 Å². The quantitative estimate of drug-likeness (QED) is 0.848. The van der Waals surface area contributed by atoms with Gasteiger partial charge in [0.25, 0.3) is 0 Å². The van der Waals surface area contributed by atoms with E-state index in [1.165, 1.54) is 6.07 Å². The number of carbonyl (C=O) groups excluding carboxylic acids is 1. The molecule has 110 valence electrons. The third-order valence-electron chi connectivity index (χ3n) is 3.39. The van der Waals surface area contributed by atoms with E-state index in [1.807, 2.05) is 20.8 Å². The molecule has 1 heterocycles. The van der Waals surface area contributed by atoms with Crippen molar-refractivity contribution in [1.29, 1.82) is 0 Å². The highest BCUT2D eigenvalue weighted by Crippen LogP contribution is 2.20. The van der Waals surface area contributed by atoms with Gasteiger partial charge in [0, 0.05) is 19.5 Å². The third-order valence-corrected chi connectivity index (χ3v) is 3.39. The largest absolute Gasteiger partial charge is 0.370 e. The Morgan fingerprint density at radius 3 is 2.80 bits per heavy atom. The Balaban J connectivity index is 1.93. The second-order valence-electron chi connectivity index (χ2n) is 6.16. The second kappa shape index (κ2) is 6.02. The monoisotopic (exact) mass is 279 g/mol. The molecule has 0 spiro atoms. The minimum Gasteiger partial charge on any atom is -0.370 e. The number of halogens is 1. The molecular weight excluding hydrogens is 257 g/mol. The number of benzene rings is 1. The van der Waals surface area contributed by atoms with Gasteiger partial charge < -0.3 is 4.74 Å². The van der Waals surface area contributed by atoms with Crippen LogP contribution in [0.3, 0.4) is 0 Å². The van der Waals surface area contributed by atoms with Gasteiger partial charge in [-0.3, -0.25) is 9.69 Å². The zero-order valence-corrected chi connectivity index (χ0v) is 12.4. The molecule has 20 heavy (non-hydrogen) atoms. The van der Waals surface area contributed by atoms with Crippen molar-refractivity contribution in [2.75, 3.05) is 19.6 Å². The lowest BCUT2D eigenvalue weighted by Crippen LogP contribution is -2.53. The van der Waals surface area contributed by atoms with Gasteiger partial charge in [-0.2, -0.15) is 0 Å². The Kier molecular flexibility index (Phi) is 4.55. The molecule has 4 heteroatoms. The maximum atomic E-state index is 13.5. The Hall–Kier alpha value is -1.26. The van der Waals surface area contributed by atoms with Crippen molar-refractivity contribution in [3.05, 3.63) is 35.6 Å². The smallest absolute Gasteiger partial charge is 0.151 e. The molecule has 1 aromatic carbocycles. The lowest BCUT2D eigenvalue weighted by molar-refractivity contribution is -0.138. The van der Waals surface area contributed by atoms with Gasteiger partial charge in [0.2, 0.25) is 0 Å². The topological polar surface area (TPSA) is 29.5 Å². The van der Waals surface area contributed by atoms with Crippen molar-refractivity contribution in [3.8, 4) is 0 Å². The first-order chi connectivity index (χ1) is 9.35. The van der Waals surface area contributed by atoms with E-state index < -0.39 is 0 Å². The van der Waals surface area contributed by atoms with E-state index in [0.29, 0.717) is 12.1 Å². The number of hydrogen-bond donors (Lipinski definition) is 0. The lowest BCUT2D eigenvalue weighted by atomic mass is 10.0. The highest BCUT2D eigenvalue weighted by molar-refractivity contribution is 5.82. The average molecular weight is 279 g/mol. The lowest BCUT2D eigenvalue weighted by Gasteiger charge is -2.41.